The largest absolute Gasteiger partial charge is 0.360 e. The first-order chi connectivity index (χ1) is 10.7. The van der Waals surface area contributed by atoms with Crippen molar-refractivity contribution < 1.29 is 0 Å². The molecule has 3 aromatic rings. The quantitative estimate of drug-likeness (QED) is 0.757. The molecule has 0 radical (unpaired) electrons. The Balaban J connectivity index is 1.78. The van der Waals surface area contributed by atoms with Crippen LogP contribution in [0.4, 0.5) is 11.5 Å². The van der Waals surface area contributed by atoms with Crippen LogP contribution < -0.4 is 10.2 Å². The Morgan fingerprint density at radius 1 is 1.23 bits per heavy atom. The number of hydrogen-bond acceptors (Lipinski definition) is 5. The molecule has 0 aliphatic heterocycles. The molecule has 0 aliphatic rings. The van der Waals surface area contributed by atoms with Crippen LogP contribution in [0.5, 0.6) is 0 Å². The molecule has 22 heavy (non-hydrogen) atoms. The fourth-order valence-electron chi connectivity index (χ4n) is 2.27. The van der Waals surface area contributed by atoms with Gasteiger partial charge in [-0.2, -0.15) is 0 Å². The summed E-state index contributed by atoms with van der Waals surface area (Å²) in [6.07, 6.45) is 3.11. The molecule has 0 saturated carbocycles. The summed E-state index contributed by atoms with van der Waals surface area (Å²) in [5.41, 5.74) is 3.48. The summed E-state index contributed by atoms with van der Waals surface area (Å²) in [5, 5.41) is 3.36. The van der Waals surface area contributed by atoms with Gasteiger partial charge >= 0.3 is 0 Å². The van der Waals surface area contributed by atoms with E-state index in [1.807, 2.05) is 32.2 Å². The van der Waals surface area contributed by atoms with E-state index in [-0.39, 0.29) is 6.04 Å². The highest BCUT2D eigenvalue weighted by Crippen LogP contribution is 2.21. The molecule has 0 aliphatic carbocycles. The van der Waals surface area contributed by atoms with Gasteiger partial charge in [-0.1, -0.05) is 24.8 Å². The van der Waals surface area contributed by atoms with Crippen molar-refractivity contribution in [2.24, 2.45) is 0 Å². The second-order valence-corrected chi connectivity index (χ2v) is 5.08. The molecule has 1 unspecified atom stereocenters. The number of likely N-dealkylation sites (N-methyl/N-ethyl adjacent to an activating group) is 1. The second kappa shape index (κ2) is 5.85. The van der Waals surface area contributed by atoms with Crippen molar-refractivity contribution in [3.05, 3.63) is 55.3 Å². The summed E-state index contributed by atoms with van der Waals surface area (Å²) >= 11 is 0. The minimum atomic E-state index is 0.00612. The first-order valence-corrected chi connectivity index (χ1v) is 7.05. The maximum atomic E-state index is 4.28. The van der Waals surface area contributed by atoms with E-state index >= 15 is 0 Å². The van der Waals surface area contributed by atoms with Gasteiger partial charge in [-0.05, 0) is 19.1 Å². The second-order valence-electron chi connectivity index (χ2n) is 5.08. The van der Waals surface area contributed by atoms with Crippen molar-refractivity contribution in [2.75, 3.05) is 17.3 Å². The Kier molecular flexibility index (Phi) is 3.74. The zero-order valence-electron chi connectivity index (χ0n) is 12.6. The van der Waals surface area contributed by atoms with Crippen LogP contribution in [0.25, 0.3) is 11.2 Å². The SMILES string of the molecule is C=C(C(C)Nc1ncnc2nc[nH]c12)N(C)c1ccccc1. The highest BCUT2D eigenvalue weighted by molar-refractivity contribution is 5.82. The van der Waals surface area contributed by atoms with E-state index in [1.54, 1.807) is 6.33 Å². The number of hydrogen-bond donors (Lipinski definition) is 2. The minimum absolute atomic E-state index is 0.00612. The summed E-state index contributed by atoms with van der Waals surface area (Å²) in [7, 11) is 2.00. The molecule has 3 rings (SSSR count). The van der Waals surface area contributed by atoms with Crippen LogP contribution in [0.15, 0.2) is 55.3 Å². The number of imidazole rings is 1. The highest BCUT2D eigenvalue weighted by Gasteiger charge is 2.15. The molecule has 0 saturated heterocycles. The Labute approximate surface area is 128 Å². The molecular weight excluding hydrogens is 276 g/mol. The van der Waals surface area contributed by atoms with Crippen molar-refractivity contribution in [2.45, 2.75) is 13.0 Å². The standard InChI is InChI=1S/C16H18N6/c1-11(12(2)22(3)13-7-5-4-6-8-13)21-16-14-15(18-9-17-14)19-10-20-16/h4-11H,2H2,1,3H3,(H2,17,18,19,20,21). The number of benzene rings is 1. The number of aromatic nitrogens is 4. The predicted molar refractivity (Wildman–Crippen MR) is 88.8 cm³/mol. The van der Waals surface area contributed by atoms with Crippen molar-refractivity contribution >= 4 is 22.7 Å². The van der Waals surface area contributed by atoms with Crippen molar-refractivity contribution in [3.8, 4) is 0 Å². The predicted octanol–water partition coefficient (Wildman–Crippen LogP) is 2.80. The summed E-state index contributed by atoms with van der Waals surface area (Å²) in [6.45, 7) is 6.24. The third-order valence-electron chi connectivity index (χ3n) is 3.65. The first-order valence-electron chi connectivity index (χ1n) is 7.05. The van der Waals surface area contributed by atoms with Gasteiger partial charge in [0.2, 0.25) is 0 Å². The smallest absolute Gasteiger partial charge is 0.182 e. The van der Waals surface area contributed by atoms with Gasteiger partial charge in [0.25, 0.3) is 0 Å². The highest BCUT2D eigenvalue weighted by atomic mass is 15.2. The average Bonchev–Trinajstić information content (AvgIpc) is 3.04. The van der Waals surface area contributed by atoms with Gasteiger partial charge < -0.3 is 15.2 Å². The molecule has 6 heteroatoms. The number of nitrogens with zero attached hydrogens (tertiary/aromatic N) is 4. The van der Waals surface area contributed by atoms with E-state index in [2.05, 4.69) is 48.9 Å². The molecule has 0 amide bonds. The number of fused-ring (bicyclic) bond motifs is 1. The zero-order chi connectivity index (χ0) is 15.5. The van der Waals surface area contributed by atoms with Crippen LogP contribution >= 0.6 is 0 Å². The molecule has 2 aromatic heterocycles. The fourth-order valence-corrected chi connectivity index (χ4v) is 2.27. The Bertz CT molecular complexity index is 779. The van der Waals surface area contributed by atoms with Crippen molar-refractivity contribution in [1.29, 1.82) is 0 Å². The van der Waals surface area contributed by atoms with E-state index in [0.29, 0.717) is 5.65 Å². The third kappa shape index (κ3) is 2.63. The van der Waals surface area contributed by atoms with E-state index < -0.39 is 0 Å². The lowest BCUT2D eigenvalue weighted by Gasteiger charge is -2.27. The number of anilines is 2. The maximum Gasteiger partial charge on any atom is 0.182 e. The van der Waals surface area contributed by atoms with Crippen LogP contribution in [0.2, 0.25) is 0 Å². The van der Waals surface area contributed by atoms with E-state index in [0.717, 1.165) is 22.7 Å². The maximum absolute atomic E-state index is 4.28. The van der Waals surface area contributed by atoms with Crippen molar-refractivity contribution in [1.82, 2.24) is 19.9 Å². The number of aromatic amines is 1. The monoisotopic (exact) mass is 294 g/mol. The molecule has 2 N–H and O–H groups in total. The first kappa shape index (κ1) is 14.1. The number of nitrogens with one attached hydrogen (secondary N) is 2. The Morgan fingerprint density at radius 3 is 2.77 bits per heavy atom. The molecule has 1 aromatic carbocycles. The van der Waals surface area contributed by atoms with Gasteiger partial charge in [-0.3, -0.25) is 0 Å². The minimum Gasteiger partial charge on any atom is -0.360 e. The molecule has 0 bridgehead atoms. The molecular formula is C16H18N6. The number of para-hydroxylation sites is 1. The molecule has 0 fully saturated rings. The van der Waals surface area contributed by atoms with Gasteiger partial charge in [0.1, 0.15) is 11.8 Å². The molecule has 0 spiro atoms. The Morgan fingerprint density at radius 2 is 2.00 bits per heavy atom. The summed E-state index contributed by atoms with van der Waals surface area (Å²) < 4.78 is 0. The molecule has 1 atom stereocenters. The molecule has 6 nitrogen and oxygen atoms in total. The van der Waals surface area contributed by atoms with Crippen LogP contribution in [0.3, 0.4) is 0 Å². The topological polar surface area (TPSA) is 69.7 Å². The lowest BCUT2D eigenvalue weighted by Crippen LogP contribution is -2.29. The summed E-state index contributed by atoms with van der Waals surface area (Å²) in [4.78, 5) is 17.6. The number of H-pyrrole nitrogens is 1. The zero-order valence-corrected chi connectivity index (χ0v) is 12.6. The Hall–Kier alpha value is -2.89. The molecule has 2 heterocycles. The average molecular weight is 294 g/mol. The van der Waals surface area contributed by atoms with E-state index in [4.69, 9.17) is 0 Å². The lowest BCUT2D eigenvalue weighted by atomic mass is 10.2. The fraction of sp³-hybridized carbons (Fsp3) is 0.188. The van der Waals surface area contributed by atoms with Gasteiger partial charge in [0.05, 0.1) is 12.4 Å². The lowest BCUT2D eigenvalue weighted by molar-refractivity contribution is 0.864. The number of rotatable bonds is 5. The van der Waals surface area contributed by atoms with Crippen molar-refractivity contribution in [3.63, 3.8) is 0 Å². The third-order valence-corrected chi connectivity index (χ3v) is 3.65. The summed E-state index contributed by atoms with van der Waals surface area (Å²) in [5.74, 6) is 0.720. The van der Waals surface area contributed by atoms with E-state index in [1.165, 1.54) is 6.33 Å². The van der Waals surface area contributed by atoms with Crippen LogP contribution in [-0.2, 0) is 0 Å². The van der Waals surface area contributed by atoms with Crippen LogP contribution in [-0.4, -0.2) is 33.0 Å². The van der Waals surface area contributed by atoms with Gasteiger partial charge in [0.15, 0.2) is 11.5 Å². The normalized spacial score (nSPS) is 12.1. The van der Waals surface area contributed by atoms with E-state index in [9.17, 15) is 0 Å². The van der Waals surface area contributed by atoms with Crippen LogP contribution in [0.1, 0.15) is 6.92 Å². The molecule has 112 valence electrons. The van der Waals surface area contributed by atoms with Gasteiger partial charge in [-0.15, -0.1) is 0 Å². The summed E-state index contributed by atoms with van der Waals surface area (Å²) in [6, 6.07) is 10.1. The van der Waals surface area contributed by atoms with Gasteiger partial charge in [0, 0.05) is 18.4 Å². The van der Waals surface area contributed by atoms with Crippen LogP contribution in [0, 0.1) is 0 Å². The van der Waals surface area contributed by atoms with Gasteiger partial charge in [-0.25, -0.2) is 15.0 Å².